The van der Waals surface area contributed by atoms with Crippen molar-refractivity contribution in [1.29, 1.82) is 0 Å². The Morgan fingerprint density at radius 3 is 2.15 bits per heavy atom. The van der Waals surface area contributed by atoms with Crippen molar-refractivity contribution in [3.63, 3.8) is 0 Å². The van der Waals surface area contributed by atoms with Crippen LogP contribution in [0.3, 0.4) is 0 Å². The van der Waals surface area contributed by atoms with Gasteiger partial charge in [-0.1, -0.05) is 75.8 Å². The summed E-state index contributed by atoms with van der Waals surface area (Å²) in [6.07, 6.45) is 0. The fourth-order valence-electron chi connectivity index (χ4n) is 1.69. The molecule has 0 amide bonds. The van der Waals surface area contributed by atoms with Crippen LogP contribution < -0.4 is 0 Å². The van der Waals surface area contributed by atoms with Crippen LogP contribution in [0.4, 0.5) is 0 Å². The van der Waals surface area contributed by atoms with Gasteiger partial charge >= 0.3 is 0 Å². The van der Waals surface area contributed by atoms with Gasteiger partial charge in [0.05, 0.1) is 15.4 Å². The molecule has 0 unspecified atom stereocenters. The number of hydrogen-bond donors (Lipinski definition) is 0. The third-order valence-corrected chi connectivity index (χ3v) is 7.58. The molecule has 1 rings (SSSR count). The monoisotopic (exact) mass is 355 g/mol. The predicted molar refractivity (Wildman–Crippen MR) is 94.0 cm³/mol. The van der Waals surface area contributed by atoms with Crippen LogP contribution in [0, 0.1) is 0 Å². The van der Waals surface area contributed by atoms with E-state index in [1.807, 2.05) is 0 Å². The first-order valence-electron chi connectivity index (χ1n) is 7.21. The van der Waals surface area contributed by atoms with E-state index in [2.05, 4.69) is 81.8 Å². The first kappa shape index (κ1) is 17.9. The summed E-state index contributed by atoms with van der Waals surface area (Å²) in [5.41, 5.74) is 2.77. The molecule has 1 radical (unpaired) electrons. The molecule has 20 heavy (non-hydrogen) atoms. The molecule has 0 aliphatic carbocycles. The summed E-state index contributed by atoms with van der Waals surface area (Å²) < 4.78 is 7.10. The van der Waals surface area contributed by atoms with E-state index in [0.717, 1.165) is 11.1 Å². The normalized spacial score (nSPS) is 13.1. The molecule has 0 N–H and O–H groups in total. The minimum Gasteiger partial charge on any atom is -0.376 e. The van der Waals surface area contributed by atoms with Gasteiger partial charge in [-0.15, -0.1) is 0 Å². The summed E-state index contributed by atoms with van der Waals surface area (Å²) in [6.45, 7) is 17.5. The second kappa shape index (κ2) is 6.76. The van der Waals surface area contributed by atoms with Gasteiger partial charge in [0.1, 0.15) is 0 Å². The Bertz CT molecular complexity index is 447. The molecule has 0 saturated heterocycles. The Morgan fingerprint density at radius 1 is 1.10 bits per heavy atom. The van der Waals surface area contributed by atoms with Crippen LogP contribution in [0.5, 0.6) is 0 Å². The highest BCUT2D eigenvalue weighted by Crippen LogP contribution is 2.30. The van der Waals surface area contributed by atoms with Crippen molar-refractivity contribution in [2.45, 2.75) is 64.8 Å². The molecule has 3 heteroatoms. The molecule has 0 aliphatic heterocycles. The van der Waals surface area contributed by atoms with E-state index in [0.29, 0.717) is 11.6 Å². The van der Waals surface area contributed by atoms with E-state index < -0.39 is 0 Å². The van der Waals surface area contributed by atoms with Gasteiger partial charge in [0.2, 0.25) is 0 Å². The van der Waals surface area contributed by atoms with Crippen LogP contribution >= 0.6 is 15.9 Å². The Balaban J connectivity index is 2.67. The average Bonchev–Trinajstić information content (AvgIpc) is 2.29. The van der Waals surface area contributed by atoms with Crippen molar-refractivity contribution < 1.29 is 4.74 Å². The molecule has 0 bridgehead atoms. The summed E-state index contributed by atoms with van der Waals surface area (Å²) in [6, 6.07) is 6.61. The number of halogens is 1. The number of hydrogen-bond acceptors (Lipinski definition) is 1. The molecule has 1 aromatic rings. The molecule has 0 aromatic heterocycles. The van der Waals surface area contributed by atoms with Crippen molar-refractivity contribution in [2.24, 2.45) is 0 Å². The minimum absolute atomic E-state index is 0.186. The Morgan fingerprint density at radius 2 is 1.70 bits per heavy atom. The van der Waals surface area contributed by atoms with Gasteiger partial charge in [-0.2, -0.15) is 0 Å². The van der Waals surface area contributed by atoms with E-state index >= 15 is 0 Å². The fourth-order valence-corrected chi connectivity index (χ4v) is 2.58. The summed E-state index contributed by atoms with van der Waals surface area (Å²) in [4.78, 5) is 0. The van der Waals surface area contributed by atoms with Crippen molar-refractivity contribution in [1.82, 2.24) is 0 Å². The summed E-state index contributed by atoms with van der Waals surface area (Å²) >= 11 is 3.68. The van der Waals surface area contributed by atoms with Crippen LogP contribution in [0.1, 0.15) is 45.7 Å². The highest BCUT2D eigenvalue weighted by molar-refractivity contribution is 9.10. The standard InChI is InChI=1S/C17H28BrOSi/c1-16(2,3)14-9-8-13(15(18)10-14)11-19-12-17(4,5)20(6)7/h8-10H,11-12H2,1-7H3. The van der Waals surface area contributed by atoms with Gasteiger partial charge in [-0.05, 0) is 27.6 Å². The van der Waals surface area contributed by atoms with Gasteiger partial charge in [0, 0.05) is 11.1 Å². The molecule has 0 fully saturated rings. The zero-order chi connectivity index (χ0) is 15.6. The maximum atomic E-state index is 5.95. The topological polar surface area (TPSA) is 9.23 Å². The Kier molecular flexibility index (Phi) is 6.06. The molecule has 113 valence electrons. The largest absolute Gasteiger partial charge is 0.376 e. The summed E-state index contributed by atoms with van der Waals surface area (Å²) in [5, 5.41) is 0.322. The van der Waals surface area contributed by atoms with Crippen molar-refractivity contribution in [2.75, 3.05) is 6.61 Å². The lowest BCUT2D eigenvalue weighted by Crippen LogP contribution is -2.26. The molecule has 1 aromatic carbocycles. The lowest BCUT2D eigenvalue weighted by molar-refractivity contribution is 0.100. The summed E-state index contributed by atoms with van der Waals surface area (Å²) in [5.74, 6) is 0. The fraction of sp³-hybridized carbons (Fsp3) is 0.647. The second-order valence-electron chi connectivity index (χ2n) is 7.43. The average molecular weight is 356 g/mol. The third kappa shape index (κ3) is 5.01. The Hall–Kier alpha value is -0.123. The quantitative estimate of drug-likeness (QED) is 0.606. The number of benzene rings is 1. The SMILES string of the molecule is C[Si](C)C(C)(C)COCc1ccc(C(C)(C)C)cc1Br. The van der Waals surface area contributed by atoms with E-state index in [1.54, 1.807) is 0 Å². The minimum atomic E-state index is -0.337. The van der Waals surface area contributed by atoms with Gasteiger partial charge in [-0.25, -0.2) is 0 Å². The molecular formula is C17H28BrOSi. The molecule has 1 nitrogen and oxygen atoms in total. The zero-order valence-corrected chi connectivity index (χ0v) is 16.5. The smallest absolute Gasteiger partial charge is 0.0727 e. The second-order valence-corrected chi connectivity index (χ2v) is 11.6. The van der Waals surface area contributed by atoms with Crippen LogP contribution in [-0.4, -0.2) is 15.4 Å². The van der Waals surface area contributed by atoms with Crippen LogP contribution in [0.2, 0.25) is 18.1 Å². The zero-order valence-electron chi connectivity index (χ0n) is 13.9. The lowest BCUT2D eigenvalue weighted by Gasteiger charge is -2.27. The summed E-state index contributed by atoms with van der Waals surface area (Å²) in [7, 11) is -0.337. The third-order valence-electron chi connectivity index (χ3n) is 3.99. The van der Waals surface area contributed by atoms with Crippen molar-refractivity contribution in [3.8, 4) is 0 Å². The molecule has 0 spiro atoms. The van der Waals surface area contributed by atoms with Gasteiger partial charge in [0.15, 0.2) is 0 Å². The van der Waals surface area contributed by atoms with E-state index in [9.17, 15) is 0 Å². The first-order chi connectivity index (χ1) is 9.04. The number of ether oxygens (including phenoxy) is 1. The molecule has 0 heterocycles. The van der Waals surface area contributed by atoms with Crippen LogP contribution in [0.25, 0.3) is 0 Å². The maximum Gasteiger partial charge on any atom is 0.0727 e. The lowest BCUT2D eigenvalue weighted by atomic mass is 9.87. The van der Waals surface area contributed by atoms with Gasteiger partial charge in [-0.3, -0.25) is 0 Å². The van der Waals surface area contributed by atoms with E-state index in [1.165, 1.54) is 11.1 Å². The van der Waals surface area contributed by atoms with E-state index in [-0.39, 0.29) is 14.2 Å². The van der Waals surface area contributed by atoms with Crippen LogP contribution in [-0.2, 0) is 16.8 Å². The van der Waals surface area contributed by atoms with Gasteiger partial charge < -0.3 is 4.74 Å². The molecule has 0 saturated carbocycles. The van der Waals surface area contributed by atoms with Crippen molar-refractivity contribution >= 4 is 24.7 Å². The van der Waals surface area contributed by atoms with Crippen LogP contribution in [0.15, 0.2) is 22.7 Å². The highest BCUT2D eigenvalue weighted by Gasteiger charge is 2.24. The first-order valence-corrected chi connectivity index (χ1v) is 10.5. The number of rotatable bonds is 5. The maximum absolute atomic E-state index is 5.95. The molecule has 0 atom stereocenters. The van der Waals surface area contributed by atoms with Gasteiger partial charge in [0.25, 0.3) is 0 Å². The Labute approximate surface area is 134 Å². The highest BCUT2D eigenvalue weighted by atomic mass is 79.9. The van der Waals surface area contributed by atoms with Crippen molar-refractivity contribution in [3.05, 3.63) is 33.8 Å². The molecular weight excluding hydrogens is 328 g/mol. The predicted octanol–water partition coefficient (Wildman–Crippen LogP) is 5.80. The molecule has 0 aliphatic rings. The van der Waals surface area contributed by atoms with E-state index in [4.69, 9.17) is 4.74 Å².